The molecule has 2 amide bonds. The van der Waals surface area contributed by atoms with E-state index in [9.17, 15) is 9.59 Å². The maximum atomic E-state index is 12.4. The number of carbonyl (C=O) groups excluding carboxylic acids is 2. The zero-order chi connectivity index (χ0) is 20.1. The minimum absolute atomic E-state index is 0.0956. The number of piperidine rings is 1. The normalized spacial score (nSPS) is 17.9. The predicted octanol–water partition coefficient (Wildman–Crippen LogP) is 2.26. The summed E-state index contributed by atoms with van der Waals surface area (Å²) in [6.45, 7) is 2.28. The van der Waals surface area contributed by atoms with Crippen molar-refractivity contribution < 1.29 is 9.59 Å². The zero-order valence-corrected chi connectivity index (χ0v) is 16.6. The van der Waals surface area contributed by atoms with Gasteiger partial charge < -0.3 is 16.0 Å². The molecule has 29 heavy (non-hydrogen) atoms. The Morgan fingerprint density at radius 3 is 2.72 bits per heavy atom. The van der Waals surface area contributed by atoms with Gasteiger partial charge >= 0.3 is 0 Å². The van der Waals surface area contributed by atoms with Gasteiger partial charge in [-0.1, -0.05) is 30.2 Å². The fourth-order valence-corrected chi connectivity index (χ4v) is 4.09. The number of amides is 2. The Bertz CT molecular complexity index is 852. The number of hydrogen-bond acceptors (Lipinski definition) is 5. The summed E-state index contributed by atoms with van der Waals surface area (Å²) in [5, 5.41) is 17.4. The van der Waals surface area contributed by atoms with Crippen molar-refractivity contribution in [3.8, 4) is 0 Å². The van der Waals surface area contributed by atoms with Crippen molar-refractivity contribution in [2.24, 2.45) is 5.92 Å². The van der Waals surface area contributed by atoms with E-state index in [1.807, 2.05) is 24.3 Å². The third kappa shape index (κ3) is 5.00. The summed E-state index contributed by atoms with van der Waals surface area (Å²) in [5.41, 5.74) is 2.02. The molecule has 2 fully saturated rings. The monoisotopic (exact) mass is 396 g/mol. The first-order chi connectivity index (χ1) is 14.2. The highest BCUT2D eigenvalue weighted by Gasteiger charge is 2.22. The van der Waals surface area contributed by atoms with Gasteiger partial charge in [-0.2, -0.15) is 0 Å². The molecule has 2 aromatic rings. The Labute approximate surface area is 170 Å². The fraction of sp³-hybridized carbons (Fsp3) is 0.524. The summed E-state index contributed by atoms with van der Waals surface area (Å²) in [6.07, 6.45) is 7.91. The second kappa shape index (κ2) is 9.17. The Kier molecular flexibility index (Phi) is 6.19. The standard InChI is InChI=1S/C21H28N6O2/c28-20(16-5-1-2-6-16)24-17-7-3-4-15(12-17)13-23-21(29)19-14-27(26-25-19)18-8-10-22-11-9-18/h3-4,7,12,14,16,18,22H,1-2,5-6,8-11,13H2,(H,23,29)(H,24,28). The van der Waals surface area contributed by atoms with Crippen LogP contribution in [0.1, 0.15) is 60.6 Å². The lowest BCUT2D eigenvalue weighted by atomic mass is 10.1. The maximum Gasteiger partial charge on any atom is 0.273 e. The number of rotatable bonds is 6. The van der Waals surface area contributed by atoms with Crippen LogP contribution in [0.4, 0.5) is 5.69 Å². The molecule has 8 nitrogen and oxygen atoms in total. The predicted molar refractivity (Wildman–Crippen MR) is 109 cm³/mol. The second-order valence-electron chi connectivity index (χ2n) is 7.92. The van der Waals surface area contributed by atoms with E-state index in [1.54, 1.807) is 10.9 Å². The van der Waals surface area contributed by atoms with Crippen molar-refractivity contribution in [3.05, 3.63) is 41.7 Å². The van der Waals surface area contributed by atoms with Crippen LogP contribution in [0.2, 0.25) is 0 Å². The summed E-state index contributed by atoms with van der Waals surface area (Å²) in [5.74, 6) is -0.0234. The molecule has 1 saturated heterocycles. The number of nitrogens with zero attached hydrogens (tertiary/aromatic N) is 3. The molecule has 1 aliphatic carbocycles. The number of carbonyl (C=O) groups is 2. The van der Waals surface area contributed by atoms with Gasteiger partial charge in [0.1, 0.15) is 0 Å². The van der Waals surface area contributed by atoms with Crippen LogP contribution < -0.4 is 16.0 Å². The average molecular weight is 396 g/mol. The van der Waals surface area contributed by atoms with E-state index in [1.165, 1.54) is 0 Å². The van der Waals surface area contributed by atoms with E-state index in [0.717, 1.165) is 62.9 Å². The van der Waals surface area contributed by atoms with E-state index in [-0.39, 0.29) is 17.7 Å². The lowest BCUT2D eigenvalue weighted by molar-refractivity contribution is -0.119. The third-order valence-corrected chi connectivity index (χ3v) is 5.80. The Hall–Kier alpha value is -2.74. The molecule has 1 aromatic heterocycles. The van der Waals surface area contributed by atoms with E-state index < -0.39 is 0 Å². The molecule has 1 saturated carbocycles. The minimum atomic E-state index is -0.245. The van der Waals surface area contributed by atoms with Gasteiger partial charge in [0, 0.05) is 18.2 Å². The first-order valence-electron chi connectivity index (χ1n) is 10.5. The molecule has 4 rings (SSSR count). The van der Waals surface area contributed by atoms with Crippen molar-refractivity contribution in [2.45, 2.75) is 51.1 Å². The summed E-state index contributed by atoms with van der Waals surface area (Å²) in [4.78, 5) is 24.7. The van der Waals surface area contributed by atoms with E-state index >= 15 is 0 Å². The van der Waals surface area contributed by atoms with Gasteiger partial charge in [0.2, 0.25) is 5.91 Å². The van der Waals surface area contributed by atoms with Crippen LogP contribution in [-0.4, -0.2) is 39.9 Å². The van der Waals surface area contributed by atoms with E-state index in [0.29, 0.717) is 18.3 Å². The van der Waals surface area contributed by atoms with Gasteiger partial charge in [0.05, 0.1) is 12.2 Å². The average Bonchev–Trinajstić information content (AvgIpc) is 3.45. The van der Waals surface area contributed by atoms with Crippen LogP contribution >= 0.6 is 0 Å². The van der Waals surface area contributed by atoms with Crippen LogP contribution in [0, 0.1) is 5.92 Å². The summed E-state index contributed by atoms with van der Waals surface area (Å²) in [7, 11) is 0. The van der Waals surface area contributed by atoms with Crippen LogP contribution in [0.15, 0.2) is 30.5 Å². The number of hydrogen-bond donors (Lipinski definition) is 3. The molecule has 3 N–H and O–H groups in total. The Morgan fingerprint density at radius 2 is 1.93 bits per heavy atom. The van der Waals surface area contributed by atoms with Crippen LogP contribution in [-0.2, 0) is 11.3 Å². The number of benzene rings is 1. The van der Waals surface area contributed by atoms with Crippen molar-refractivity contribution in [2.75, 3.05) is 18.4 Å². The largest absolute Gasteiger partial charge is 0.347 e. The van der Waals surface area contributed by atoms with Gasteiger partial charge in [0.25, 0.3) is 5.91 Å². The first-order valence-corrected chi connectivity index (χ1v) is 10.5. The van der Waals surface area contributed by atoms with Crippen molar-refractivity contribution in [3.63, 3.8) is 0 Å². The van der Waals surface area contributed by atoms with Gasteiger partial charge in [-0.15, -0.1) is 5.10 Å². The molecule has 0 radical (unpaired) electrons. The van der Waals surface area contributed by atoms with Crippen LogP contribution in [0.5, 0.6) is 0 Å². The highest BCUT2D eigenvalue weighted by atomic mass is 16.2. The molecule has 0 unspecified atom stereocenters. The van der Waals surface area contributed by atoms with Crippen LogP contribution in [0.25, 0.3) is 0 Å². The molecule has 1 aromatic carbocycles. The van der Waals surface area contributed by atoms with Gasteiger partial charge in [-0.3, -0.25) is 9.59 Å². The van der Waals surface area contributed by atoms with Crippen LogP contribution in [0.3, 0.4) is 0 Å². The van der Waals surface area contributed by atoms with Crippen molar-refractivity contribution in [1.29, 1.82) is 0 Å². The molecule has 0 atom stereocenters. The van der Waals surface area contributed by atoms with E-state index in [2.05, 4.69) is 26.3 Å². The third-order valence-electron chi connectivity index (χ3n) is 5.80. The second-order valence-corrected chi connectivity index (χ2v) is 7.92. The number of nitrogens with one attached hydrogen (secondary N) is 3. The smallest absolute Gasteiger partial charge is 0.273 e. The van der Waals surface area contributed by atoms with Gasteiger partial charge in [-0.05, 0) is 56.5 Å². The SMILES string of the molecule is O=C(NCc1cccc(NC(=O)C2CCCC2)c1)c1cn(C2CCNCC2)nn1. The lowest BCUT2D eigenvalue weighted by Crippen LogP contribution is -2.29. The molecular formula is C21H28N6O2. The summed E-state index contributed by atoms with van der Waals surface area (Å²) < 4.78 is 1.80. The molecule has 2 heterocycles. The summed E-state index contributed by atoms with van der Waals surface area (Å²) in [6, 6.07) is 7.89. The highest BCUT2D eigenvalue weighted by molar-refractivity contribution is 5.93. The lowest BCUT2D eigenvalue weighted by Gasteiger charge is -2.22. The Balaban J connectivity index is 1.31. The quantitative estimate of drug-likeness (QED) is 0.695. The van der Waals surface area contributed by atoms with E-state index in [4.69, 9.17) is 0 Å². The van der Waals surface area contributed by atoms with Crippen molar-refractivity contribution >= 4 is 17.5 Å². The number of aromatic nitrogens is 3. The fourth-order valence-electron chi connectivity index (χ4n) is 4.09. The Morgan fingerprint density at radius 1 is 1.14 bits per heavy atom. The highest BCUT2D eigenvalue weighted by Crippen LogP contribution is 2.26. The first kappa shape index (κ1) is 19.6. The molecule has 1 aliphatic heterocycles. The topological polar surface area (TPSA) is 101 Å². The zero-order valence-electron chi connectivity index (χ0n) is 16.6. The van der Waals surface area contributed by atoms with Gasteiger partial charge in [-0.25, -0.2) is 4.68 Å². The molecule has 8 heteroatoms. The summed E-state index contributed by atoms with van der Waals surface area (Å²) >= 11 is 0. The molecule has 2 aliphatic rings. The minimum Gasteiger partial charge on any atom is -0.347 e. The molecule has 0 spiro atoms. The maximum absolute atomic E-state index is 12.4. The van der Waals surface area contributed by atoms with Gasteiger partial charge in [0.15, 0.2) is 5.69 Å². The number of anilines is 1. The molecule has 0 bridgehead atoms. The van der Waals surface area contributed by atoms with Crippen molar-refractivity contribution in [1.82, 2.24) is 25.6 Å². The molecule has 154 valence electrons. The molecular weight excluding hydrogens is 368 g/mol.